The maximum Gasteiger partial charge on any atom is 0.115 e. The fraction of sp³-hybridized carbons (Fsp3) is 0.333. The summed E-state index contributed by atoms with van der Waals surface area (Å²) < 4.78 is 0. The van der Waals surface area contributed by atoms with Crippen LogP contribution in [0.1, 0.15) is 36.1 Å². The van der Waals surface area contributed by atoms with Gasteiger partial charge in [0.1, 0.15) is 5.75 Å². The molecule has 20 heavy (non-hydrogen) atoms. The molecule has 0 aromatic heterocycles. The van der Waals surface area contributed by atoms with Crippen molar-refractivity contribution < 1.29 is 5.11 Å². The number of nitrogens with one attached hydrogen (secondary N) is 1. The van der Waals surface area contributed by atoms with E-state index in [1.54, 1.807) is 12.1 Å². The second kappa shape index (κ2) is 7.11. The minimum Gasteiger partial charge on any atom is -0.508 e. The number of rotatable bonds is 6. The van der Waals surface area contributed by atoms with Crippen molar-refractivity contribution in [3.8, 4) is 5.75 Å². The second-order valence-corrected chi connectivity index (χ2v) is 5.25. The van der Waals surface area contributed by atoms with Crippen LogP contribution in [0.15, 0.2) is 48.5 Å². The maximum atomic E-state index is 9.34. The number of benzene rings is 2. The molecule has 2 aromatic carbocycles. The molecule has 1 atom stereocenters. The Morgan fingerprint density at radius 2 is 1.85 bits per heavy atom. The van der Waals surface area contributed by atoms with Gasteiger partial charge in [-0.05, 0) is 49.6 Å². The van der Waals surface area contributed by atoms with Crippen LogP contribution in [0.3, 0.4) is 0 Å². The molecule has 0 aliphatic rings. The van der Waals surface area contributed by atoms with E-state index in [4.69, 9.17) is 0 Å². The molecule has 0 amide bonds. The van der Waals surface area contributed by atoms with Crippen molar-refractivity contribution in [2.24, 2.45) is 0 Å². The number of phenols is 1. The summed E-state index contributed by atoms with van der Waals surface area (Å²) in [6.07, 6.45) is 2.08. The molecule has 0 radical (unpaired) electrons. The monoisotopic (exact) mass is 269 g/mol. The Balaban J connectivity index is 1.89. The minimum absolute atomic E-state index is 0.323. The predicted molar refractivity (Wildman–Crippen MR) is 84.0 cm³/mol. The lowest BCUT2D eigenvalue weighted by atomic mass is 10.0. The lowest BCUT2D eigenvalue weighted by Gasteiger charge is -2.17. The quantitative estimate of drug-likeness (QED) is 0.831. The molecule has 0 spiro atoms. The first-order valence-electron chi connectivity index (χ1n) is 7.27. The van der Waals surface area contributed by atoms with E-state index in [1.165, 1.54) is 16.7 Å². The third-order valence-corrected chi connectivity index (χ3v) is 3.59. The zero-order chi connectivity index (χ0) is 14.4. The molecule has 2 N–H and O–H groups in total. The van der Waals surface area contributed by atoms with Crippen LogP contribution in [0.25, 0.3) is 0 Å². The highest BCUT2D eigenvalue weighted by Crippen LogP contribution is 2.19. The van der Waals surface area contributed by atoms with Crippen molar-refractivity contribution >= 4 is 0 Å². The largest absolute Gasteiger partial charge is 0.508 e. The molecule has 2 rings (SSSR count). The lowest BCUT2D eigenvalue weighted by Crippen LogP contribution is -2.23. The lowest BCUT2D eigenvalue weighted by molar-refractivity contribution is 0.473. The van der Waals surface area contributed by atoms with Crippen LogP contribution >= 0.6 is 0 Å². The summed E-state index contributed by atoms with van der Waals surface area (Å²) in [6, 6.07) is 16.5. The summed E-state index contributed by atoms with van der Waals surface area (Å²) >= 11 is 0. The molecule has 0 saturated heterocycles. The average molecular weight is 269 g/mol. The molecule has 0 saturated carbocycles. The van der Waals surface area contributed by atoms with Crippen molar-refractivity contribution in [2.75, 3.05) is 6.54 Å². The Hall–Kier alpha value is -1.80. The molecule has 0 aliphatic carbocycles. The SMILES string of the molecule is CCC(NCCc1cccc(C)c1)c1ccc(O)cc1. The Morgan fingerprint density at radius 3 is 2.50 bits per heavy atom. The second-order valence-electron chi connectivity index (χ2n) is 5.25. The summed E-state index contributed by atoms with van der Waals surface area (Å²) in [4.78, 5) is 0. The van der Waals surface area contributed by atoms with Crippen molar-refractivity contribution in [1.29, 1.82) is 0 Å². The van der Waals surface area contributed by atoms with E-state index in [0.717, 1.165) is 19.4 Å². The van der Waals surface area contributed by atoms with E-state index in [2.05, 4.69) is 43.4 Å². The van der Waals surface area contributed by atoms with Crippen molar-refractivity contribution in [3.05, 3.63) is 65.2 Å². The zero-order valence-electron chi connectivity index (χ0n) is 12.3. The first-order valence-corrected chi connectivity index (χ1v) is 7.27. The van der Waals surface area contributed by atoms with E-state index in [1.807, 2.05) is 12.1 Å². The van der Waals surface area contributed by atoms with Gasteiger partial charge in [-0.1, -0.05) is 48.9 Å². The smallest absolute Gasteiger partial charge is 0.115 e. The maximum absolute atomic E-state index is 9.34. The van der Waals surface area contributed by atoms with Gasteiger partial charge in [0, 0.05) is 6.04 Å². The van der Waals surface area contributed by atoms with Crippen molar-refractivity contribution in [1.82, 2.24) is 5.32 Å². The van der Waals surface area contributed by atoms with Gasteiger partial charge >= 0.3 is 0 Å². The third kappa shape index (κ3) is 4.10. The fourth-order valence-corrected chi connectivity index (χ4v) is 2.46. The molecule has 106 valence electrons. The van der Waals surface area contributed by atoms with Gasteiger partial charge in [0.15, 0.2) is 0 Å². The number of hydrogen-bond donors (Lipinski definition) is 2. The molecular weight excluding hydrogens is 246 g/mol. The van der Waals surface area contributed by atoms with Crippen molar-refractivity contribution in [3.63, 3.8) is 0 Å². The number of aryl methyl sites for hydroxylation is 1. The Morgan fingerprint density at radius 1 is 1.10 bits per heavy atom. The first-order chi connectivity index (χ1) is 9.69. The van der Waals surface area contributed by atoms with Gasteiger partial charge < -0.3 is 10.4 Å². The average Bonchev–Trinajstić information content (AvgIpc) is 2.45. The number of hydrogen-bond acceptors (Lipinski definition) is 2. The highest BCUT2D eigenvalue weighted by molar-refractivity contribution is 5.28. The van der Waals surface area contributed by atoms with Gasteiger partial charge in [-0.3, -0.25) is 0 Å². The van der Waals surface area contributed by atoms with Crippen LogP contribution in [0, 0.1) is 6.92 Å². The normalized spacial score (nSPS) is 12.3. The number of phenolic OH excluding ortho intramolecular Hbond substituents is 1. The van der Waals surface area contributed by atoms with Gasteiger partial charge in [-0.2, -0.15) is 0 Å². The van der Waals surface area contributed by atoms with Crippen LogP contribution < -0.4 is 5.32 Å². The van der Waals surface area contributed by atoms with E-state index in [9.17, 15) is 5.11 Å². The van der Waals surface area contributed by atoms with Crippen molar-refractivity contribution in [2.45, 2.75) is 32.7 Å². The van der Waals surface area contributed by atoms with Crippen LogP contribution in [-0.2, 0) is 6.42 Å². The Bertz CT molecular complexity index is 533. The van der Waals surface area contributed by atoms with E-state index in [-0.39, 0.29) is 0 Å². The van der Waals surface area contributed by atoms with Gasteiger partial charge in [0.05, 0.1) is 0 Å². The molecule has 2 nitrogen and oxygen atoms in total. The van der Waals surface area contributed by atoms with Crippen LogP contribution in [0.5, 0.6) is 5.75 Å². The van der Waals surface area contributed by atoms with Crippen LogP contribution in [0.2, 0.25) is 0 Å². The van der Waals surface area contributed by atoms with Gasteiger partial charge in [0.25, 0.3) is 0 Å². The molecule has 0 heterocycles. The van der Waals surface area contributed by atoms with E-state index >= 15 is 0 Å². The predicted octanol–water partition coefficient (Wildman–Crippen LogP) is 3.98. The highest BCUT2D eigenvalue weighted by atomic mass is 16.3. The fourth-order valence-electron chi connectivity index (χ4n) is 2.46. The summed E-state index contributed by atoms with van der Waals surface area (Å²) in [5.41, 5.74) is 3.92. The van der Waals surface area contributed by atoms with Gasteiger partial charge in [-0.25, -0.2) is 0 Å². The number of aromatic hydroxyl groups is 1. The Kier molecular flexibility index (Phi) is 5.19. The molecule has 2 aromatic rings. The molecule has 0 aliphatic heterocycles. The summed E-state index contributed by atoms with van der Waals surface area (Å²) in [5.74, 6) is 0.323. The first kappa shape index (κ1) is 14.6. The van der Waals surface area contributed by atoms with Gasteiger partial charge in [0.2, 0.25) is 0 Å². The third-order valence-electron chi connectivity index (χ3n) is 3.59. The van der Waals surface area contributed by atoms with E-state index < -0.39 is 0 Å². The molecule has 0 fully saturated rings. The molecular formula is C18H23NO. The van der Waals surface area contributed by atoms with Gasteiger partial charge in [-0.15, -0.1) is 0 Å². The standard InChI is InChI=1S/C18H23NO/c1-3-18(16-7-9-17(20)10-8-16)19-12-11-15-6-4-5-14(2)13-15/h4-10,13,18-20H,3,11-12H2,1-2H3. The molecule has 0 bridgehead atoms. The minimum atomic E-state index is 0.323. The summed E-state index contributed by atoms with van der Waals surface area (Å²) in [6.45, 7) is 5.27. The van der Waals surface area contributed by atoms with Crippen LogP contribution in [0.4, 0.5) is 0 Å². The molecule has 1 unspecified atom stereocenters. The zero-order valence-corrected chi connectivity index (χ0v) is 12.3. The van der Waals surface area contributed by atoms with Crippen LogP contribution in [-0.4, -0.2) is 11.7 Å². The van der Waals surface area contributed by atoms with E-state index in [0.29, 0.717) is 11.8 Å². The highest BCUT2D eigenvalue weighted by Gasteiger charge is 2.08. The summed E-state index contributed by atoms with van der Waals surface area (Å²) in [5, 5.41) is 12.9. The Labute approximate surface area is 121 Å². The summed E-state index contributed by atoms with van der Waals surface area (Å²) in [7, 11) is 0. The topological polar surface area (TPSA) is 32.3 Å². The molecule has 2 heteroatoms.